The molecule has 1 aromatic rings. The largest absolute Gasteiger partial charge is 0.544 e. The molecule has 17 heavy (non-hydrogen) atoms. The van der Waals surface area contributed by atoms with Crippen molar-refractivity contribution in [1.29, 1.82) is 0 Å². The van der Waals surface area contributed by atoms with Crippen LogP contribution in [-0.4, -0.2) is 21.7 Å². The van der Waals surface area contributed by atoms with Crippen LogP contribution in [0, 0.1) is 0 Å². The maximum absolute atomic E-state index is 9.66. The lowest BCUT2D eigenvalue weighted by atomic mass is 10.3. The molecule has 0 unspecified atom stereocenters. The Kier molecular flexibility index (Phi) is 3.93. The average molecular weight is 270 g/mol. The van der Waals surface area contributed by atoms with E-state index in [2.05, 4.69) is 39.3 Å². The van der Waals surface area contributed by atoms with Crippen molar-refractivity contribution in [2.24, 2.45) is 0 Å². The maximum atomic E-state index is 9.66. The molecule has 0 heterocycles. The van der Waals surface area contributed by atoms with Crippen molar-refractivity contribution in [2.75, 3.05) is 0 Å². The Hall–Kier alpha value is -0.946. The third-order valence-corrected chi connectivity index (χ3v) is 3.41. The van der Waals surface area contributed by atoms with E-state index < -0.39 is 16.6 Å². The van der Waals surface area contributed by atoms with Gasteiger partial charge in [0, 0.05) is 18.2 Å². The van der Waals surface area contributed by atoms with Crippen LogP contribution >= 0.6 is 0 Å². The van der Waals surface area contributed by atoms with E-state index in [1.54, 1.807) is 12.1 Å². The van der Waals surface area contributed by atoms with Crippen LogP contribution in [0.4, 0.5) is 0 Å². The monoisotopic (exact) mass is 270 g/mol. The lowest BCUT2D eigenvalue weighted by Crippen LogP contribution is -2.30. The number of rotatable bonds is 4. The average Bonchev–Trinajstić information content (AvgIpc) is 1.93. The Morgan fingerprint density at radius 2 is 1.12 bits per heavy atom. The summed E-state index contributed by atoms with van der Waals surface area (Å²) in [5, 5.41) is 9.66. The van der Waals surface area contributed by atoms with Crippen LogP contribution in [0.15, 0.2) is 18.2 Å². The van der Waals surface area contributed by atoms with Crippen molar-refractivity contribution in [3.63, 3.8) is 0 Å². The second-order valence-corrected chi connectivity index (χ2v) is 14.9. The number of benzene rings is 1. The first kappa shape index (κ1) is 14.1. The Morgan fingerprint density at radius 1 is 0.765 bits per heavy atom. The number of aromatic hydroxyl groups is 1. The van der Waals surface area contributed by atoms with Crippen molar-refractivity contribution < 1.29 is 14.0 Å². The van der Waals surface area contributed by atoms with Gasteiger partial charge in [0.1, 0.15) is 17.2 Å². The van der Waals surface area contributed by atoms with Gasteiger partial charge in [-0.25, -0.2) is 0 Å². The van der Waals surface area contributed by atoms with E-state index in [-0.39, 0.29) is 5.75 Å². The minimum absolute atomic E-state index is 0.189. The fraction of sp³-hybridized carbons (Fsp3) is 0.500. The summed E-state index contributed by atoms with van der Waals surface area (Å²) in [6.07, 6.45) is 0. The zero-order valence-electron chi connectivity index (χ0n) is 11.5. The molecular weight excluding hydrogens is 248 g/mol. The molecule has 0 spiro atoms. The third kappa shape index (κ3) is 5.79. The van der Waals surface area contributed by atoms with Crippen LogP contribution in [0.2, 0.25) is 39.3 Å². The molecule has 5 heteroatoms. The Balaban J connectivity index is 2.95. The van der Waals surface area contributed by atoms with Gasteiger partial charge in [-0.15, -0.1) is 0 Å². The fourth-order valence-corrected chi connectivity index (χ4v) is 3.03. The van der Waals surface area contributed by atoms with Crippen molar-refractivity contribution in [1.82, 2.24) is 0 Å². The summed E-state index contributed by atoms with van der Waals surface area (Å²) in [5.74, 6) is 1.57. The number of phenolic OH excluding ortho intramolecular Hbond substituents is 1. The quantitative estimate of drug-likeness (QED) is 0.845. The molecule has 0 fully saturated rings. The van der Waals surface area contributed by atoms with E-state index >= 15 is 0 Å². The van der Waals surface area contributed by atoms with Gasteiger partial charge >= 0.3 is 0 Å². The van der Waals surface area contributed by atoms with E-state index in [9.17, 15) is 5.11 Å². The predicted molar refractivity (Wildman–Crippen MR) is 76.1 cm³/mol. The van der Waals surface area contributed by atoms with Crippen LogP contribution < -0.4 is 8.85 Å². The summed E-state index contributed by atoms with van der Waals surface area (Å²) in [7, 11) is -3.32. The van der Waals surface area contributed by atoms with Gasteiger partial charge in [0.15, 0.2) is 0 Å². The van der Waals surface area contributed by atoms with E-state index in [0.717, 1.165) is 0 Å². The zero-order valence-corrected chi connectivity index (χ0v) is 13.5. The highest BCUT2D eigenvalue weighted by Gasteiger charge is 2.19. The topological polar surface area (TPSA) is 38.7 Å². The first-order valence-corrected chi connectivity index (χ1v) is 12.6. The molecule has 0 aliphatic heterocycles. The highest BCUT2D eigenvalue weighted by Crippen LogP contribution is 2.30. The highest BCUT2D eigenvalue weighted by atomic mass is 28.4. The van der Waals surface area contributed by atoms with Gasteiger partial charge in [0.2, 0.25) is 16.6 Å². The van der Waals surface area contributed by atoms with E-state index in [1.807, 2.05) is 6.07 Å². The van der Waals surface area contributed by atoms with Gasteiger partial charge in [0.05, 0.1) is 0 Å². The molecule has 0 saturated carbocycles. The Morgan fingerprint density at radius 3 is 1.41 bits per heavy atom. The molecule has 0 aromatic heterocycles. The summed E-state index contributed by atoms with van der Waals surface area (Å²) in [6.45, 7) is 12.6. The van der Waals surface area contributed by atoms with E-state index in [4.69, 9.17) is 8.85 Å². The molecule has 0 saturated heterocycles. The van der Waals surface area contributed by atoms with Gasteiger partial charge in [-0.2, -0.15) is 0 Å². The van der Waals surface area contributed by atoms with Crippen LogP contribution in [0.3, 0.4) is 0 Å². The van der Waals surface area contributed by atoms with Gasteiger partial charge < -0.3 is 14.0 Å². The molecule has 1 aromatic carbocycles. The van der Waals surface area contributed by atoms with Crippen molar-refractivity contribution >= 4 is 16.6 Å². The Labute approximate surface area is 106 Å². The van der Waals surface area contributed by atoms with Gasteiger partial charge in [0.25, 0.3) is 0 Å². The molecule has 0 bridgehead atoms. The third-order valence-electron chi connectivity index (χ3n) is 1.71. The van der Waals surface area contributed by atoms with Crippen molar-refractivity contribution in [2.45, 2.75) is 39.3 Å². The smallest absolute Gasteiger partial charge is 0.242 e. The predicted octanol–water partition coefficient (Wildman–Crippen LogP) is 3.82. The van der Waals surface area contributed by atoms with Crippen LogP contribution in [0.1, 0.15) is 0 Å². The second-order valence-electron chi connectivity index (χ2n) is 6.09. The van der Waals surface area contributed by atoms with Crippen molar-refractivity contribution in [3.05, 3.63) is 18.2 Å². The fourth-order valence-electron chi connectivity index (χ4n) is 1.38. The normalized spacial score (nSPS) is 12.4. The highest BCUT2D eigenvalue weighted by molar-refractivity contribution is 6.70. The van der Waals surface area contributed by atoms with Crippen molar-refractivity contribution in [3.8, 4) is 17.2 Å². The first-order chi connectivity index (χ1) is 7.55. The summed E-state index contributed by atoms with van der Waals surface area (Å²) in [4.78, 5) is 0. The maximum Gasteiger partial charge on any atom is 0.242 e. The molecule has 0 amide bonds. The zero-order chi connectivity index (χ0) is 13.3. The molecule has 96 valence electrons. The molecule has 1 rings (SSSR count). The summed E-state index contributed by atoms with van der Waals surface area (Å²) >= 11 is 0. The number of phenols is 1. The van der Waals surface area contributed by atoms with Crippen LogP contribution in [0.25, 0.3) is 0 Å². The Bertz CT molecular complexity index is 357. The van der Waals surface area contributed by atoms with Crippen LogP contribution in [-0.2, 0) is 0 Å². The van der Waals surface area contributed by atoms with E-state index in [1.165, 1.54) is 0 Å². The summed E-state index contributed by atoms with van der Waals surface area (Å²) < 4.78 is 11.7. The van der Waals surface area contributed by atoms with E-state index in [0.29, 0.717) is 11.5 Å². The molecule has 0 aliphatic carbocycles. The molecule has 3 nitrogen and oxygen atoms in total. The SMILES string of the molecule is C[Si](C)(C)Oc1cc(O)cc(O[Si](C)(C)C)c1. The first-order valence-electron chi connectivity index (χ1n) is 5.77. The summed E-state index contributed by atoms with van der Waals surface area (Å²) in [6, 6.07) is 5.13. The summed E-state index contributed by atoms with van der Waals surface area (Å²) in [5.41, 5.74) is 0. The van der Waals surface area contributed by atoms with Gasteiger partial charge in [-0.3, -0.25) is 0 Å². The lowest BCUT2D eigenvalue weighted by Gasteiger charge is -2.22. The molecule has 0 atom stereocenters. The second kappa shape index (κ2) is 4.74. The minimum Gasteiger partial charge on any atom is -0.544 e. The number of hydrogen-bond acceptors (Lipinski definition) is 3. The van der Waals surface area contributed by atoms with Gasteiger partial charge in [-0.1, -0.05) is 0 Å². The molecular formula is C12H22O3Si2. The van der Waals surface area contributed by atoms with Crippen LogP contribution in [0.5, 0.6) is 17.2 Å². The molecule has 0 radical (unpaired) electrons. The molecule has 0 aliphatic rings. The standard InChI is InChI=1S/C12H22O3Si2/c1-16(2,3)14-11-7-10(13)8-12(9-11)15-17(4,5)6/h7-9,13H,1-6H3. The molecule has 1 N–H and O–H groups in total. The number of hydrogen-bond donors (Lipinski definition) is 1. The lowest BCUT2D eigenvalue weighted by molar-refractivity contribution is 0.461. The minimum atomic E-state index is -1.66. The van der Waals surface area contributed by atoms with Gasteiger partial charge in [-0.05, 0) is 39.3 Å².